The highest BCUT2D eigenvalue weighted by molar-refractivity contribution is 6.15. The van der Waals surface area contributed by atoms with Crippen LogP contribution < -0.4 is 9.47 Å². The number of carbonyl (C=O) groups is 1. The Bertz CT molecular complexity index is 1150. The number of pyridine rings is 1. The van der Waals surface area contributed by atoms with Gasteiger partial charge in [0.1, 0.15) is 18.2 Å². The van der Waals surface area contributed by atoms with Crippen LogP contribution in [0.4, 0.5) is 0 Å². The zero-order valence-electron chi connectivity index (χ0n) is 17.7. The number of benzene rings is 2. The van der Waals surface area contributed by atoms with Crippen molar-refractivity contribution >= 4 is 11.9 Å². The van der Waals surface area contributed by atoms with Gasteiger partial charge >= 0.3 is 0 Å². The maximum absolute atomic E-state index is 13.0. The van der Waals surface area contributed by atoms with E-state index in [1.165, 1.54) is 5.56 Å². The van der Waals surface area contributed by atoms with E-state index in [4.69, 9.17) is 9.47 Å². The molecule has 3 aromatic rings. The molecule has 0 saturated heterocycles. The van der Waals surface area contributed by atoms with Gasteiger partial charge in [-0.05, 0) is 52.9 Å². The molecule has 5 rings (SSSR count). The molecule has 0 spiro atoms. The van der Waals surface area contributed by atoms with E-state index < -0.39 is 0 Å². The lowest BCUT2D eigenvalue weighted by atomic mass is 10.0. The average molecular weight is 412 g/mol. The lowest BCUT2D eigenvalue weighted by Crippen LogP contribution is -2.31. The predicted octanol–water partition coefficient (Wildman–Crippen LogP) is 5.17. The standard InChI is InChI=1S/C26H24N2O3/c1-17(2)20-5-3-18(4-6-20)13-24-25(29)21-7-8-23-22(26(21)31-24)15-28(16-30-23)14-19-9-11-27-12-10-19/h3-13,17H,14-16H2,1-2H3/b24-13-. The number of ether oxygens (including phenoxy) is 2. The number of ketones is 1. The molecule has 0 atom stereocenters. The molecular weight excluding hydrogens is 388 g/mol. The molecule has 0 aliphatic carbocycles. The molecule has 2 aromatic carbocycles. The zero-order chi connectivity index (χ0) is 21.4. The van der Waals surface area contributed by atoms with Crippen molar-refractivity contribution < 1.29 is 14.3 Å². The Morgan fingerprint density at radius 3 is 2.58 bits per heavy atom. The van der Waals surface area contributed by atoms with Crippen molar-refractivity contribution in [2.45, 2.75) is 32.9 Å². The Morgan fingerprint density at radius 1 is 1.06 bits per heavy atom. The van der Waals surface area contributed by atoms with Gasteiger partial charge in [-0.15, -0.1) is 0 Å². The lowest BCUT2D eigenvalue weighted by Gasteiger charge is -2.29. The first kappa shape index (κ1) is 19.5. The van der Waals surface area contributed by atoms with Crippen LogP contribution in [0.2, 0.25) is 0 Å². The summed E-state index contributed by atoms with van der Waals surface area (Å²) in [5.41, 5.74) is 4.90. The fraction of sp³-hybridized carbons (Fsp3) is 0.231. The van der Waals surface area contributed by atoms with Crippen LogP contribution in [-0.2, 0) is 13.1 Å². The zero-order valence-corrected chi connectivity index (χ0v) is 17.7. The molecule has 0 amide bonds. The molecule has 5 heteroatoms. The number of aromatic nitrogens is 1. The lowest BCUT2D eigenvalue weighted by molar-refractivity contribution is 0.0872. The Balaban J connectivity index is 1.40. The third-order valence-corrected chi connectivity index (χ3v) is 5.74. The van der Waals surface area contributed by atoms with Crippen molar-refractivity contribution in [3.8, 4) is 11.5 Å². The quantitative estimate of drug-likeness (QED) is 0.553. The molecule has 1 aromatic heterocycles. The van der Waals surface area contributed by atoms with E-state index in [1.54, 1.807) is 18.5 Å². The van der Waals surface area contributed by atoms with Crippen LogP contribution in [-0.4, -0.2) is 22.4 Å². The van der Waals surface area contributed by atoms with Crippen LogP contribution in [0.1, 0.15) is 52.4 Å². The number of carbonyl (C=O) groups excluding carboxylic acids is 1. The summed E-state index contributed by atoms with van der Waals surface area (Å²) in [6.07, 6.45) is 5.40. The van der Waals surface area contributed by atoms with Crippen LogP contribution in [0.5, 0.6) is 11.5 Å². The number of rotatable bonds is 4. The highest BCUT2D eigenvalue weighted by Crippen LogP contribution is 2.42. The second kappa shape index (κ2) is 8.00. The van der Waals surface area contributed by atoms with Crippen molar-refractivity contribution in [1.82, 2.24) is 9.88 Å². The van der Waals surface area contributed by atoms with Gasteiger partial charge in [-0.2, -0.15) is 0 Å². The number of nitrogens with zero attached hydrogens (tertiary/aromatic N) is 2. The smallest absolute Gasteiger partial charge is 0.231 e. The molecule has 31 heavy (non-hydrogen) atoms. The summed E-state index contributed by atoms with van der Waals surface area (Å²) in [6.45, 7) is 6.22. The number of hydrogen-bond donors (Lipinski definition) is 0. The molecule has 156 valence electrons. The monoisotopic (exact) mass is 412 g/mol. The predicted molar refractivity (Wildman–Crippen MR) is 119 cm³/mol. The summed E-state index contributed by atoms with van der Waals surface area (Å²) in [4.78, 5) is 19.2. The highest BCUT2D eigenvalue weighted by atomic mass is 16.5. The van der Waals surface area contributed by atoms with Gasteiger partial charge in [0.15, 0.2) is 5.76 Å². The van der Waals surface area contributed by atoms with Gasteiger partial charge in [-0.1, -0.05) is 38.1 Å². The van der Waals surface area contributed by atoms with E-state index in [0.717, 1.165) is 29.0 Å². The van der Waals surface area contributed by atoms with Crippen molar-refractivity contribution in [3.05, 3.63) is 94.5 Å². The Morgan fingerprint density at radius 2 is 1.84 bits per heavy atom. The minimum Gasteiger partial charge on any atom is -0.478 e. The Labute approximate surface area is 181 Å². The number of Topliss-reactive ketones (excluding diaryl/α,β-unsaturated/α-hetero) is 1. The molecule has 0 N–H and O–H groups in total. The molecule has 0 saturated carbocycles. The maximum Gasteiger partial charge on any atom is 0.231 e. The van der Waals surface area contributed by atoms with E-state index in [0.29, 0.717) is 36.3 Å². The van der Waals surface area contributed by atoms with Crippen molar-refractivity contribution in [1.29, 1.82) is 0 Å². The summed E-state index contributed by atoms with van der Waals surface area (Å²) < 4.78 is 12.1. The fourth-order valence-electron chi connectivity index (χ4n) is 3.98. The van der Waals surface area contributed by atoms with Crippen LogP contribution in [0.15, 0.2) is 66.7 Å². The average Bonchev–Trinajstić information content (AvgIpc) is 3.10. The summed E-state index contributed by atoms with van der Waals surface area (Å²) in [5, 5.41) is 0. The number of hydrogen-bond acceptors (Lipinski definition) is 5. The van der Waals surface area contributed by atoms with E-state index in [9.17, 15) is 4.79 Å². The van der Waals surface area contributed by atoms with Crippen LogP contribution in [0.25, 0.3) is 6.08 Å². The fourth-order valence-corrected chi connectivity index (χ4v) is 3.98. The minimum atomic E-state index is -0.0861. The van der Waals surface area contributed by atoms with Crippen molar-refractivity contribution in [2.24, 2.45) is 0 Å². The van der Waals surface area contributed by atoms with Gasteiger partial charge < -0.3 is 9.47 Å². The van der Waals surface area contributed by atoms with E-state index in [-0.39, 0.29) is 5.78 Å². The third-order valence-electron chi connectivity index (χ3n) is 5.74. The number of allylic oxidation sites excluding steroid dienone is 1. The first-order valence-corrected chi connectivity index (χ1v) is 10.5. The molecule has 0 radical (unpaired) electrons. The van der Waals surface area contributed by atoms with E-state index in [1.807, 2.05) is 36.4 Å². The van der Waals surface area contributed by atoms with E-state index in [2.05, 4.69) is 35.9 Å². The maximum atomic E-state index is 13.0. The van der Waals surface area contributed by atoms with E-state index >= 15 is 0 Å². The summed E-state index contributed by atoms with van der Waals surface area (Å²) in [6, 6.07) is 15.9. The Kier molecular flexibility index (Phi) is 5.04. The third kappa shape index (κ3) is 3.84. The van der Waals surface area contributed by atoms with Gasteiger partial charge in [0.2, 0.25) is 5.78 Å². The van der Waals surface area contributed by atoms with Gasteiger partial charge in [-0.25, -0.2) is 0 Å². The molecule has 5 nitrogen and oxygen atoms in total. The van der Waals surface area contributed by atoms with Gasteiger partial charge in [0.05, 0.1) is 11.1 Å². The van der Waals surface area contributed by atoms with Crippen LogP contribution in [0.3, 0.4) is 0 Å². The molecule has 2 aliphatic rings. The minimum absolute atomic E-state index is 0.0861. The number of fused-ring (bicyclic) bond motifs is 3. The SMILES string of the molecule is CC(C)c1ccc(/C=C2\Oc3c(ccc4c3CN(Cc3ccncc3)CO4)C2=O)cc1. The second-order valence-electron chi connectivity index (χ2n) is 8.30. The summed E-state index contributed by atoms with van der Waals surface area (Å²) in [7, 11) is 0. The van der Waals surface area contributed by atoms with Crippen molar-refractivity contribution in [2.75, 3.05) is 6.73 Å². The molecule has 3 heterocycles. The van der Waals surface area contributed by atoms with Crippen molar-refractivity contribution in [3.63, 3.8) is 0 Å². The first-order chi connectivity index (χ1) is 15.1. The molecule has 0 unspecified atom stereocenters. The van der Waals surface area contributed by atoms with Gasteiger partial charge in [-0.3, -0.25) is 14.7 Å². The first-order valence-electron chi connectivity index (χ1n) is 10.5. The van der Waals surface area contributed by atoms with Crippen LogP contribution >= 0.6 is 0 Å². The second-order valence-corrected chi connectivity index (χ2v) is 8.30. The van der Waals surface area contributed by atoms with Crippen LogP contribution in [0, 0.1) is 0 Å². The molecule has 0 fully saturated rings. The Hall–Kier alpha value is -3.44. The normalized spacial score (nSPS) is 16.7. The van der Waals surface area contributed by atoms with Gasteiger partial charge in [0.25, 0.3) is 0 Å². The topological polar surface area (TPSA) is 51.7 Å². The molecular formula is C26H24N2O3. The van der Waals surface area contributed by atoms with Gasteiger partial charge in [0, 0.05) is 25.5 Å². The highest BCUT2D eigenvalue weighted by Gasteiger charge is 2.33. The molecule has 0 bridgehead atoms. The largest absolute Gasteiger partial charge is 0.478 e. The summed E-state index contributed by atoms with van der Waals surface area (Å²) >= 11 is 0. The molecule has 2 aliphatic heterocycles. The summed E-state index contributed by atoms with van der Waals surface area (Å²) in [5.74, 6) is 2.13.